The van der Waals surface area contributed by atoms with E-state index in [1.54, 1.807) is 47.4 Å². The molecule has 8 heteroatoms. The highest BCUT2D eigenvalue weighted by Crippen LogP contribution is 2.28. The van der Waals surface area contributed by atoms with Crippen molar-refractivity contribution in [1.29, 1.82) is 0 Å². The molecule has 0 aromatic heterocycles. The molecule has 2 aliphatic rings. The van der Waals surface area contributed by atoms with E-state index in [4.69, 9.17) is 4.74 Å². The number of para-hydroxylation sites is 1. The van der Waals surface area contributed by atoms with Crippen molar-refractivity contribution in [3.05, 3.63) is 59.7 Å². The van der Waals surface area contributed by atoms with Gasteiger partial charge in [-0.3, -0.25) is 28.9 Å². The Hall–Kier alpha value is -3.81. The summed E-state index contributed by atoms with van der Waals surface area (Å²) in [5, 5.41) is 0. The summed E-state index contributed by atoms with van der Waals surface area (Å²) in [6.45, 7) is -0.361. The van der Waals surface area contributed by atoms with Gasteiger partial charge >= 0.3 is 5.97 Å². The van der Waals surface area contributed by atoms with Gasteiger partial charge in [-0.05, 0) is 30.7 Å². The fraction of sp³-hybridized carbons (Fsp3) is 0.227. The lowest BCUT2D eigenvalue weighted by Gasteiger charge is -2.17. The number of carbonyl (C=O) groups excluding carboxylic acids is 5. The number of ether oxygens (including phenoxy) is 1. The molecule has 2 aliphatic heterocycles. The Bertz CT molecular complexity index is 1080. The molecule has 2 heterocycles. The molecule has 0 N–H and O–H groups in total. The van der Waals surface area contributed by atoms with Gasteiger partial charge in [-0.25, -0.2) is 0 Å². The maximum atomic E-state index is 12.4. The zero-order valence-electron chi connectivity index (χ0n) is 16.0. The van der Waals surface area contributed by atoms with Crippen molar-refractivity contribution in [3.63, 3.8) is 0 Å². The largest absolute Gasteiger partial charge is 0.456 e. The summed E-state index contributed by atoms with van der Waals surface area (Å²) in [5.74, 6) is -2.70. The number of rotatable bonds is 6. The first-order valence-electron chi connectivity index (χ1n) is 9.50. The van der Waals surface area contributed by atoms with Crippen molar-refractivity contribution >= 4 is 40.7 Å². The van der Waals surface area contributed by atoms with Gasteiger partial charge in [0, 0.05) is 24.2 Å². The molecule has 30 heavy (non-hydrogen) atoms. The number of amides is 2. The van der Waals surface area contributed by atoms with E-state index in [1.807, 2.05) is 0 Å². The number of anilines is 2. The molecule has 0 aliphatic carbocycles. The molecule has 8 nitrogen and oxygen atoms in total. The van der Waals surface area contributed by atoms with Crippen LogP contribution in [0.15, 0.2) is 48.5 Å². The molecule has 0 saturated carbocycles. The minimum Gasteiger partial charge on any atom is -0.456 e. The third-order valence-corrected chi connectivity index (χ3v) is 5.08. The summed E-state index contributed by atoms with van der Waals surface area (Å²) >= 11 is 0. The Labute approximate surface area is 172 Å². The molecule has 2 aromatic carbocycles. The molecule has 2 aromatic rings. The van der Waals surface area contributed by atoms with Crippen LogP contribution in [-0.4, -0.2) is 49.0 Å². The number of hydrogen-bond donors (Lipinski definition) is 0. The standard InChI is InChI=1S/C22H18N2O6/c25-18(14-5-3-6-15(11-14)23-10-4-9-19(23)26)13-30-20(27)12-24-17-8-2-1-7-16(17)21(28)22(24)29/h1-3,5-8,11H,4,9-10,12-13H2. The molecule has 0 unspecified atom stereocenters. The van der Waals surface area contributed by atoms with Crippen LogP contribution in [0.3, 0.4) is 0 Å². The van der Waals surface area contributed by atoms with E-state index in [1.165, 1.54) is 6.07 Å². The quantitative estimate of drug-likeness (QED) is 0.412. The van der Waals surface area contributed by atoms with Crippen molar-refractivity contribution in [1.82, 2.24) is 0 Å². The summed E-state index contributed by atoms with van der Waals surface area (Å²) in [6.07, 6.45) is 1.26. The highest BCUT2D eigenvalue weighted by molar-refractivity contribution is 6.52. The molecule has 0 bridgehead atoms. The van der Waals surface area contributed by atoms with Crippen LogP contribution in [0.5, 0.6) is 0 Å². The van der Waals surface area contributed by atoms with Crippen molar-refractivity contribution in [2.45, 2.75) is 12.8 Å². The van der Waals surface area contributed by atoms with Crippen molar-refractivity contribution in [2.75, 3.05) is 29.5 Å². The molecule has 0 spiro atoms. The maximum absolute atomic E-state index is 12.4. The van der Waals surface area contributed by atoms with E-state index in [9.17, 15) is 24.0 Å². The maximum Gasteiger partial charge on any atom is 0.326 e. The molecule has 2 amide bonds. The van der Waals surface area contributed by atoms with Gasteiger partial charge in [0.15, 0.2) is 12.4 Å². The third-order valence-electron chi connectivity index (χ3n) is 5.08. The summed E-state index contributed by atoms with van der Waals surface area (Å²) in [5.41, 5.74) is 1.53. The Morgan fingerprint density at radius 3 is 2.57 bits per heavy atom. The fourth-order valence-corrected chi connectivity index (χ4v) is 3.58. The Morgan fingerprint density at radius 1 is 1.00 bits per heavy atom. The third kappa shape index (κ3) is 3.59. The van der Waals surface area contributed by atoms with E-state index in [-0.39, 0.29) is 11.5 Å². The van der Waals surface area contributed by atoms with Crippen LogP contribution in [0, 0.1) is 0 Å². The highest BCUT2D eigenvalue weighted by atomic mass is 16.5. The van der Waals surface area contributed by atoms with Gasteiger partial charge in [0.1, 0.15) is 6.54 Å². The molecular formula is C22H18N2O6. The summed E-state index contributed by atoms with van der Waals surface area (Å²) in [7, 11) is 0. The predicted octanol–water partition coefficient (Wildman–Crippen LogP) is 1.77. The second-order valence-electron chi connectivity index (χ2n) is 7.02. The lowest BCUT2D eigenvalue weighted by Crippen LogP contribution is -2.36. The number of fused-ring (bicyclic) bond motifs is 1. The molecule has 1 fully saturated rings. The first-order chi connectivity index (χ1) is 14.5. The Kier molecular flexibility index (Phi) is 5.14. The SMILES string of the molecule is O=C(CN1C(=O)C(=O)c2ccccc21)OCC(=O)c1cccc(N2CCCC2=O)c1. The van der Waals surface area contributed by atoms with E-state index in [0.29, 0.717) is 29.9 Å². The van der Waals surface area contributed by atoms with Crippen LogP contribution >= 0.6 is 0 Å². The average molecular weight is 406 g/mol. The molecule has 1 saturated heterocycles. The highest BCUT2D eigenvalue weighted by Gasteiger charge is 2.36. The zero-order valence-corrected chi connectivity index (χ0v) is 16.0. The zero-order chi connectivity index (χ0) is 21.3. The molecule has 0 atom stereocenters. The molecule has 4 rings (SSSR count). The molecule has 152 valence electrons. The van der Waals surface area contributed by atoms with Gasteiger partial charge in [-0.2, -0.15) is 0 Å². The van der Waals surface area contributed by atoms with Gasteiger partial charge < -0.3 is 9.64 Å². The van der Waals surface area contributed by atoms with Crippen LogP contribution in [0.1, 0.15) is 33.6 Å². The molecular weight excluding hydrogens is 388 g/mol. The number of esters is 1. The van der Waals surface area contributed by atoms with Crippen LogP contribution in [0.2, 0.25) is 0 Å². The first-order valence-corrected chi connectivity index (χ1v) is 9.50. The van der Waals surface area contributed by atoms with Crippen LogP contribution in [0.4, 0.5) is 11.4 Å². The normalized spacial score (nSPS) is 15.5. The van der Waals surface area contributed by atoms with Gasteiger partial charge in [-0.1, -0.05) is 24.3 Å². The summed E-state index contributed by atoms with van der Waals surface area (Å²) in [4.78, 5) is 63.3. The number of benzene rings is 2. The average Bonchev–Trinajstić information content (AvgIpc) is 3.29. The smallest absolute Gasteiger partial charge is 0.326 e. The Balaban J connectivity index is 1.38. The summed E-state index contributed by atoms with van der Waals surface area (Å²) in [6, 6.07) is 13.0. The summed E-state index contributed by atoms with van der Waals surface area (Å²) < 4.78 is 5.03. The van der Waals surface area contributed by atoms with Crippen molar-refractivity contribution < 1.29 is 28.7 Å². The van der Waals surface area contributed by atoms with E-state index < -0.39 is 36.6 Å². The van der Waals surface area contributed by atoms with Gasteiger partial charge in [0.2, 0.25) is 5.91 Å². The van der Waals surface area contributed by atoms with E-state index in [0.717, 1.165) is 11.3 Å². The minimum absolute atomic E-state index is 0.0103. The van der Waals surface area contributed by atoms with Crippen molar-refractivity contribution in [3.8, 4) is 0 Å². The topological polar surface area (TPSA) is 101 Å². The van der Waals surface area contributed by atoms with Crippen LogP contribution < -0.4 is 9.80 Å². The number of carbonyl (C=O) groups is 5. The number of hydrogen-bond acceptors (Lipinski definition) is 6. The van der Waals surface area contributed by atoms with Crippen molar-refractivity contribution in [2.24, 2.45) is 0 Å². The molecule has 0 radical (unpaired) electrons. The second-order valence-corrected chi connectivity index (χ2v) is 7.02. The van der Waals surface area contributed by atoms with E-state index in [2.05, 4.69) is 0 Å². The lowest BCUT2D eigenvalue weighted by molar-refractivity contribution is -0.141. The number of nitrogens with zero attached hydrogens (tertiary/aromatic N) is 2. The lowest BCUT2D eigenvalue weighted by atomic mass is 10.1. The predicted molar refractivity (Wildman–Crippen MR) is 106 cm³/mol. The monoisotopic (exact) mass is 406 g/mol. The number of Topliss-reactive ketones (excluding diaryl/α,β-unsaturated/α-hetero) is 2. The number of ketones is 2. The first kappa shape index (κ1) is 19.5. The minimum atomic E-state index is -0.803. The fourth-order valence-electron chi connectivity index (χ4n) is 3.58. The van der Waals surface area contributed by atoms with Gasteiger partial charge in [0.25, 0.3) is 11.7 Å². The van der Waals surface area contributed by atoms with Gasteiger partial charge in [-0.15, -0.1) is 0 Å². The van der Waals surface area contributed by atoms with E-state index >= 15 is 0 Å². The Morgan fingerprint density at radius 2 is 1.80 bits per heavy atom. The van der Waals surface area contributed by atoms with Crippen LogP contribution in [-0.2, 0) is 19.1 Å². The van der Waals surface area contributed by atoms with Gasteiger partial charge in [0.05, 0.1) is 11.3 Å². The second kappa shape index (κ2) is 7.90. The van der Waals surface area contributed by atoms with Crippen LogP contribution in [0.25, 0.3) is 0 Å².